The molecular weight excluding hydrogens is 380 g/mol. The largest absolute Gasteiger partial charge is 0.497 e. The molecule has 0 aliphatic heterocycles. The quantitative estimate of drug-likeness (QED) is 0.554. The van der Waals surface area contributed by atoms with Gasteiger partial charge in [0, 0.05) is 23.1 Å². The number of fused-ring (bicyclic) bond motifs is 1. The number of aromatic amines is 1. The number of hydrogen-bond donors (Lipinski definition) is 1. The van der Waals surface area contributed by atoms with Crippen molar-refractivity contribution in [3.63, 3.8) is 0 Å². The predicted molar refractivity (Wildman–Crippen MR) is 111 cm³/mol. The van der Waals surface area contributed by atoms with Gasteiger partial charge in [0.25, 0.3) is 0 Å². The molecule has 30 heavy (non-hydrogen) atoms. The van der Waals surface area contributed by atoms with Gasteiger partial charge >= 0.3 is 0 Å². The molecule has 1 aliphatic rings. The fourth-order valence-corrected chi connectivity index (χ4v) is 4.02. The highest BCUT2D eigenvalue weighted by molar-refractivity contribution is 5.67. The standard InChI is InChI=1S/C22H20N6O2/c1-29-17-7-3-15(4-8-17)22(16-5-9-18(30-2)10-6-16)12-11-19-20(13-22)24-25-21(19)28-14-23-26-27-28/h3-12,14H,13H2,1-2H3,(H,24,25). The van der Waals surface area contributed by atoms with Crippen LogP contribution in [0.2, 0.25) is 0 Å². The normalized spacial score (nSPS) is 14.3. The average molecular weight is 400 g/mol. The molecule has 2 aromatic heterocycles. The second-order valence-electron chi connectivity index (χ2n) is 7.13. The number of tetrazole rings is 1. The lowest BCUT2D eigenvalue weighted by atomic mass is 9.68. The van der Waals surface area contributed by atoms with Crippen molar-refractivity contribution in [3.8, 4) is 17.3 Å². The van der Waals surface area contributed by atoms with Crippen LogP contribution in [-0.4, -0.2) is 44.6 Å². The highest BCUT2D eigenvalue weighted by atomic mass is 16.5. The van der Waals surface area contributed by atoms with Crippen molar-refractivity contribution in [2.75, 3.05) is 14.2 Å². The monoisotopic (exact) mass is 400 g/mol. The summed E-state index contributed by atoms with van der Waals surface area (Å²) in [4.78, 5) is 0. The number of rotatable bonds is 5. The van der Waals surface area contributed by atoms with Crippen LogP contribution in [0.3, 0.4) is 0 Å². The highest BCUT2D eigenvalue weighted by Gasteiger charge is 2.37. The number of ether oxygens (including phenoxy) is 2. The van der Waals surface area contributed by atoms with Crippen molar-refractivity contribution in [1.29, 1.82) is 0 Å². The second kappa shape index (κ2) is 7.14. The van der Waals surface area contributed by atoms with Gasteiger partial charge < -0.3 is 9.47 Å². The molecule has 0 unspecified atom stereocenters. The summed E-state index contributed by atoms with van der Waals surface area (Å²) in [5, 5.41) is 19.0. The Labute approximate surface area is 173 Å². The van der Waals surface area contributed by atoms with Gasteiger partial charge in [-0.15, -0.1) is 5.10 Å². The molecule has 0 amide bonds. The van der Waals surface area contributed by atoms with E-state index in [0.29, 0.717) is 12.2 Å². The molecule has 0 saturated carbocycles. The number of nitrogens with one attached hydrogen (secondary N) is 1. The maximum absolute atomic E-state index is 5.35. The molecule has 4 aromatic rings. The molecule has 0 bridgehead atoms. The zero-order valence-electron chi connectivity index (χ0n) is 16.6. The van der Waals surface area contributed by atoms with E-state index in [1.54, 1.807) is 25.2 Å². The van der Waals surface area contributed by atoms with Crippen molar-refractivity contribution in [1.82, 2.24) is 30.4 Å². The zero-order chi connectivity index (χ0) is 20.6. The highest BCUT2D eigenvalue weighted by Crippen LogP contribution is 2.42. The molecule has 2 heterocycles. The molecule has 0 radical (unpaired) electrons. The lowest BCUT2D eigenvalue weighted by molar-refractivity contribution is 0.414. The van der Waals surface area contributed by atoms with Crippen LogP contribution in [0.15, 0.2) is 60.9 Å². The molecule has 0 saturated heterocycles. The van der Waals surface area contributed by atoms with Crippen LogP contribution in [0.5, 0.6) is 11.5 Å². The molecule has 1 N–H and O–H groups in total. The Morgan fingerprint density at radius 1 is 0.933 bits per heavy atom. The molecule has 1 aliphatic carbocycles. The Balaban J connectivity index is 1.63. The van der Waals surface area contributed by atoms with Crippen LogP contribution < -0.4 is 9.47 Å². The smallest absolute Gasteiger partial charge is 0.185 e. The van der Waals surface area contributed by atoms with Crippen molar-refractivity contribution >= 4 is 6.08 Å². The fourth-order valence-electron chi connectivity index (χ4n) is 4.02. The van der Waals surface area contributed by atoms with E-state index < -0.39 is 0 Å². The van der Waals surface area contributed by atoms with Gasteiger partial charge in [0.1, 0.15) is 17.8 Å². The SMILES string of the molecule is COc1ccc(C2(c3ccc(OC)cc3)C=Cc3c(-n4cnnn4)n[nH]c3C2)cc1. The fraction of sp³-hybridized carbons (Fsp3) is 0.182. The molecule has 150 valence electrons. The van der Waals surface area contributed by atoms with Gasteiger partial charge in [-0.3, -0.25) is 5.10 Å². The van der Waals surface area contributed by atoms with Gasteiger partial charge in [-0.25, -0.2) is 0 Å². The molecular formula is C22H20N6O2. The van der Waals surface area contributed by atoms with E-state index >= 15 is 0 Å². The number of hydrogen-bond acceptors (Lipinski definition) is 6. The molecule has 0 fully saturated rings. The Morgan fingerprint density at radius 2 is 1.57 bits per heavy atom. The number of benzene rings is 2. The number of methoxy groups -OCH3 is 2. The van der Waals surface area contributed by atoms with E-state index in [9.17, 15) is 0 Å². The summed E-state index contributed by atoms with van der Waals surface area (Å²) in [6.45, 7) is 0. The van der Waals surface area contributed by atoms with E-state index in [4.69, 9.17) is 9.47 Å². The number of H-pyrrole nitrogens is 1. The van der Waals surface area contributed by atoms with Gasteiger partial charge in [0.15, 0.2) is 5.82 Å². The van der Waals surface area contributed by atoms with E-state index in [1.807, 2.05) is 24.3 Å². The van der Waals surface area contributed by atoms with Crippen LogP contribution in [-0.2, 0) is 11.8 Å². The van der Waals surface area contributed by atoms with Crippen LogP contribution in [0.4, 0.5) is 0 Å². The minimum atomic E-state index is -0.365. The summed E-state index contributed by atoms with van der Waals surface area (Å²) < 4.78 is 12.3. The summed E-state index contributed by atoms with van der Waals surface area (Å²) in [7, 11) is 3.35. The number of aromatic nitrogens is 6. The molecule has 0 spiro atoms. The van der Waals surface area contributed by atoms with Crippen molar-refractivity contribution in [3.05, 3.63) is 83.3 Å². The van der Waals surface area contributed by atoms with Crippen LogP contribution in [0.25, 0.3) is 11.9 Å². The first-order valence-corrected chi connectivity index (χ1v) is 9.52. The van der Waals surface area contributed by atoms with E-state index in [1.165, 1.54) is 0 Å². The molecule has 0 atom stereocenters. The summed E-state index contributed by atoms with van der Waals surface area (Å²) in [6.07, 6.45) is 6.57. The van der Waals surface area contributed by atoms with Gasteiger partial charge in [-0.2, -0.15) is 9.78 Å². The third kappa shape index (κ3) is 2.85. The van der Waals surface area contributed by atoms with Crippen LogP contribution in [0, 0.1) is 0 Å². The number of allylic oxidation sites excluding steroid dienone is 1. The summed E-state index contributed by atoms with van der Waals surface area (Å²) in [5.74, 6) is 2.34. The first-order valence-electron chi connectivity index (χ1n) is 9.52. The van der Waals surface area contributed by atoms with Gasteiger partial charge in [0.05, 0.1) is 14.2 Å². The first kappa shape index (κ1) is 18.1. The molecule has 8 nitrogen and oxygen atoms in total. The van der Waals surface area contributed by atoms with Crippen molar-refractivity contribution in [2.45, 2.75) is 11.8 Å². The van der Waals surface area contributed by atoms with Crippen LogP contribution >= 0.6 is 0 Å². The lowest BCUT2D eigenvalue weighted by Crippen LogP contribution is -2.30. The maximum atomic E-state index is 5.35. The Kier molecular flexibility index (Phi) is 4.31. The van der Waals surface area contributed by atoms with Gasteiger partial charge in [0.2, 0.25) is 0 Å². The third-order valence-corrected chi connectivity index (χ3v) is 5.63. The summed E-state index contributed by atoms with van der Waals surface area (Å²) >= 11 is 0. The predicted octanol–water partition coefficient (Wildman–Crippen LogP) is 2.96. The Bertz CT molecular complexity index is 1130. The Hall–Kier alpha value is -3.94. The average Bonchev–Trinajstić information content (AvgIpc) is 3.48. The van der Waals surface area contributed by atoms with E-state index in [0.717, 1.165) is 33.9 Å². The Morgan fingerprint density at radius 3 is 2.10 bits per heavy atom. The van der Waals surface area contributed by atoms with Crippen molar-refractivity contribution < 1.29 is 9.47 Å². The van der Waals surface area contributed by atoms with Crippen LogP contribution in [0.1, 0.15) is 22.4 Å². The molecule has 8 heteroatoms. The lowest BCUT2D eigenvalue weighted by Gasteiger charge is -2.34. The molecule has 2 aromatic carbocycles. The first-order chi connectivity index (χ1) is 14.7. The summed E-state index contributed by atoms with van der Waals surface area (Å²) in [5.41, 5.74) is 3.97. The van der Waals surface area contributed by atoms with Crippen molar-refractivity contribution in [2.24, 2.45) is 0 Å². The zero-order valence-corrected chi connectivity index (χ0v) is 16.6. The maximum Gasteiger partial charge on any atom is 0.185 e. The minimum Gasteiger partial charge on any atom is -0.497 e. The minimum absolute atomic E-state index is 0.365. The summed E-state index contributed by atoms with van der Waals surface area (Å²) in [6, 6.07) is 16.4. The van der Waals surface area contributed by atoms with E-state index in [-0.39, 0.29) is 5.41 Å². The second-order valence-corrected chi connectivity index (χ2v) is 7.13. The van der Waals surface area contributed by atoms with E-state index in [2.05, 4.69) is 62.1 Å². The van der Waals surface area contributed by atoms with Gasteiger partial charge in [-0.05, 0) is 45.8 Å². The molecule has 5 rings (SSSR count). The third-order valence-electron chi connectivity index (χ3n) is 5.63. The number of nitrogens with zero attached hydrogens (tertiary/aromatic N) is 5. The topological polar surface area (TPSA) is 90.7 Å². The van der Waals surface area contributed by atoms with Gasteiger partial charge in [-0.1, -0.05) is 36.4 Å².